The first kappa shape index (κ1) is 20.5. The predicted octanol–water partition coefficient (Wildman–Crippen LogP) is 3.05. The summed E-state index contributed by atoms with van der Waals surface area (Å²) in [6.45, 7) is 0.404. The zero-order chi connectivity index (χ0) is 20.5. The molecule has 0 aromatic heterocycles. The highest BCUT2D eigenvalue weighted by Crippen LogP contribution is 2.27. The molecule has 0 saturated carbocycles. The van der Waals surface area contributed by atoms with Gasteiger partial charge in [0.2, 0.25) is 10.0 Å². The van der Waals surface area contributed by atoms with Crippen LogP contribution in [-0.2, 0) is 10.0 Å². The molecule has 1 saturated heterocycles. The molecular formula is C17H15Cl2N3O5S. The smallest absolute Gasteiger partial charge is 0.270 e. The van der Waals surface area contributed by atoms with Crippen LogP contribution in [0.1, 0.15) is 10.4 Å². The van der Waals surface area contributed by atoms with Crippen LogP contribution in [0, 0.1) is 10.1 Å². The van der Waals surface area contributed by atoms with E-state index in [9.17, 15) is 23.3 Å². The second-order valence-electron chi connectivity index (χ2n) is 6.05. The number of nitro groups is 1. The van der Waals surface area contributed by atoms with Crippen molar-refractivity contribution in [1.82, 2.24) is 9.21 Å². The molecule has 0 aliphatic carbocycles. The number of nitro benzene ring substituents is 1. The van der Waals surface area contributed by atoms with Crippen molar-refractivity contribution in [2.45, 2.75) is 4.90 Å². The van der Waals surface area contributed by atoms with E-state index in [1.165, 1.54) is 27.4 Å². The molecule has 0 spiro atoms. The monoisotopic (exact) mass is 443 g/mol. The van der Waals surface area contributed by atoms with Gasteiger partial charge in [-0.25, -0.2) is 8.42 Å². The first-order chi connectivity index (χ1) is 13.2. The van der Waals surface area contributed by atoms with Crippen LogP contribution in [-0.4, -0.2) is 54.6 Å². The average molecular weight is 444 g/mol. The molecule has 28 heavy (non-hydrogen) atoms. The van der Waals surface area contributed by atoms with Gasteiger partial charge in [0.25, 0.3) is 11.6 Å². The number of benzene rings is 2. The third-order valence-corrected chi connectivity index (χ3v) is 6.89. The first-order valence-corrected chi connectivity index (χ1v) is 10.4. The summed E-state index contributed by atoms with van der Waals surface area (Å²) in [5, 5.41) is 11.3. The second kappa shape index (κ2) is 8.04. The third kappa shape index (κ3) is 3.97. The molecule has 11 heteroatoms. The highest BCUT2D eigenvalue weighted by molar-refractivity contribution is 7.89. The van der Waals surface area contributed by atoms with Gasteiger partial charge in [-0.2, -0.15) is 4.31 Å². The fourth-order valence-corrected chi connectivity index (χ4v) is 4.92. The minimum atomic E-state index is -3.91. The lowest BCUT2D eigenvalue weighted by molar-refractivity contribution is -0.385. The van der Waals surface area contributed by atoms with Crippen molar-refractivity contribution in [1.29, 1.82) is 0 Å². The maximum absolute atomic E-state index is 12.8. The van der Waals surface area contributed by atoms with Crippen molar-refractivity contribution in [3.05, 3.63) is 68.2 Å². The summed E-state index contributed by atoms with van der Waals surface area (Å²) >= 11 is 12.1. The Hall–Kier alpha value is -2.20. The molecule has 1 heterocycles. The standard InChI is InChI=1S/C17H15Cl2N3O5S/c18-14-5-2-6-15(19)16(14)17(23)20-7-9-21(10-8-20)28(26,27)13-4-1-3-12(11-13)22(24)25/h1-6,11H,7-10H2. The minimum Gasteiger partial charge on any atom is -0.336 e. The summed E-state index contributed by atoms with van der Waals surface area (Å²) < 4.78 is 26.7. The fourth-order valence-electron chi connectivity index (χ4n) is 2.90. The van der Waals surface area contributed by atoms with Gasteiger partial charge in [-0.15, -0.1) is 0 Å². The van der Waals surface area contributed by atoms with Gasteiger partial charge in [-0.1, -0.05) is 35.3 Å². The predicted molar refractivity (Wildman–Crippen MR) is 104 cm³/mol. The SMILES string of the molecule is O=C(c1c(Cl)cccc1Cl)N1CCN(S(=O)(=O)c2cccc([N+](=O)[O-])c2)CC1. The van der Waals surface area contributed by atoms with Crippen LogP contribution in [0.5, 0.6) is 0 Å². The number of carbonyl (C=O) groups excluding carboxylic acids is 1. The molecule has 0 radical (unpaired) electrons. The van der Waals surface area contributed by atoms with Gasteiger partial charge < -0.3 is 4.90 Å². The summed E-state index contributed by atoms with van der Waals surface area (Å²) in [7, 11) is -3.91. The van der Waals surface area contributed by atoms with E-state index in [1.54, 1.807) is 18.2 Å². The van der Waals surface area contributed by atoms with E-state index in [0.717, 1.165) is 6.07 Å². The molecule has 1 aliphatic heterocycles. The molecule has 0 unspecified atom stereocenters. The van der Waals surface area contributed by atoms with Crippen LogP contribution >= 0.6 is 23.2 Å². The largest absolute Gasteiger partial charge is 0.336 e. The Morgan fingerprint density at radius 1 is 1.00 bits per heavy atom. The molecule has 3 rings (SSSR count). The van der Waals surface area contributed by atoms with Gasteiger partial charge in [0, 0.05) is 38.3 Å². The Kier molecular flexibility index (Phi) is 5.90. The highest BCUT2D eigenvalue weighted by atomic mass is 35.5. The zero-order valence-electron chi connectivity index (χ0n) is 14.4. The van der Waals surface area contributed by atoms with E-state index < -0.39 is 14.9 Å². The number of sulfonamides is 1. The molecule has 0 atom stereocenters. The van der Waals surface area contributed by atoms with E-state index >= 15 is 0 Å². The molecule has 1 fully saturated rings. The van der Waals surface area contributed by atoms with Crippen LogP contribution in [0.15, 0.2) is 47.4 Å². The molecule has 0 bridgehead atoms. The van der Waals surface area contributed by atoms with Gasteiger partial charge in [0.05, 0.1) is 25.4 Å². The Labute approximate surface area is 171 Å². The Balaban J connectivity index is 1.75. The number of hydrogen-bond donors (Lipinski definition) is 0. The number of hydrogen-bond acceptors (Lipinski definition) is 5. The fraction of sp³-hybridized carbons (Fsp3) is 0.235. The molecule has 0 N–H and O–H groups in total. The van der Waals surface area contributed by atoms with Gasteiger partial charge in [0.1, 0.15) is 0 Å². The molecule has 1 amide bonds. The Morgan fingerprint density at radius 3 is 2.14 bits per heavy atom. The van der Waals surface area contributed by atoms with Gasteiger partial charge in [-0.3, -0.25) is 14.9 Å². The van der Waals surface area contributed by atoms with Crippen molar-refractivity contribution in [2.75, 3.05) is 26.2 Å². The summed E-state index contributed by atoms with van der Waals surface area (Å²) in [4.78, 5) is 24.3. The molecule has 2 aromatic rings. The van der Waals surface area contributed by atoms with Crippen LogP contribution in [0.2, 0.25) is 10.0 Å². The van der Waals surface area contributed by atoms with Crippen molar-refractivity contribution in [3.8, 4) is 0 Å². The van der Waals surface area contributed by atoms with Crippen LogP contribution in [0.3, 0.4) is 0 Å². The highest BCUT2D eigenvalue weighted by Gasteiger charge is 2.32. The third-order valence-electron chi connectivity index (χ3n) is 4.37. The van der Waals surface area contributed by atoms with Crippen LogP contribution in [0.4, 0.5) is 5.69 Å². The van der Waals surface area contributed by atoms with E-state index in [0.29, 0.717) is 0 Å². The maximum Gasteiger partial charge on any atom is 0.270 e. The normalized spacial score (nSPS) is 15.4. The minimum absolute atomic E-state index is 0.0544. The van der Waals surface area contributed by atoms with Crippen molar-refractivity contribution in [2.24, 2.45) is 0 Å². The first-order valence-electron chi connectivity index (χ1n) is 8.19. The van der Waals surface area contributed by atoms with Gasteiger partial charge in [0.15, 0.2) is 0 Å². The van der Waals surface area contributed by atoms with E-state index in [-0.39, 0.29) is 58.3 Å². The van der Waals surface area contributed by atoms with Crippen LogP contribution in [0.25, 0.3) is 0 Å². The van der Waals surface area contributed by atoms with E-state index in [1.807, 2.05) is 0 Å². The van der Waals surface area contributed by atoms with Crippen LogP contribution < -0.4 is 0 Å². The van der Waals surface area contributed by atoms with Crippen molar-refractivity contribution < 1.29 is 18.1 Å². The second-order valence-corrected chi connectivity index (χ2v) is 8.80. The average Bonchev–Trinajstić information content (AvgIpc) is 2.68. The number of nitrogens with zero attached hydrogens (tertiary/aromatic N) is 3. The number of non-ortho nitro benzene ring substituents is 1. The van der Waals surface area contributed by atoms with Crippen molar-refractivity contribution in [3.63, 3.8) is 0 Å². The number of piperazine rings is 1. The van der Waals surface area contributed by atoms with E-state index in [2.05, 4.69) is 0 Å². The number of rotatable bonds is 4. The van der Waals surface area contributed by atoms with Gasteiger partial charge >= 0.3 is 0 Å². The lowest BCUT2D eigenvalue weighted by Gasteiger charge is -2.34. The molecule has 1 aliphatic rings. The molecule has 8 nitrogen and oxygen atoms in total. The van der Waals surface area contributed by atoms with Gasteiger partial charge in [-0.05, 0) is 18.2 Å². The van der Waals surface area contributed by atoms with Crippen molar-refractivity contribution >= 4 is 44.8 Å². The summed E-state index contributed by atoms with van der Waals surface area (Å²) in [5.41, 5.74) is -0.121. The zero-order valence-corrected chi connectivity index (χ0v) is 16.7. The lowest BCUT2D eigenvalue weighted by atomic mass is 10.2. The number of amides is 1. The maximum atomic E-state index is 12.8. The summed E-state index contributed by atoms with van der Waals surface area (Å²) in [5.74, 6) is -0.372. The molecular weight excluding hydrogens is 429 g/mol. The molecule has 2 aromatic carbocycles. The number of halogens is 2. The topological polar surface area (TPSA) is 101 Å². The lowest BCUT2D eigenvalue weighted by Crippen LogP contribution is -2.50. The Morgan fingerprint density at radius 2 is 1.57 bits per heavy atom. The summed E-state index contributed by atoms with van der Waals surface area (Å²) in [6.07, 6.45) is 0. The van der Waals surface area contributed by atoms with E-state index in [4.69, 9.17) is 23.2 Å². The number of carbonyl (C=O) groups is 1. The Bertz CT molecular complexity index is 1020. The quantitative estimate of drug-likeness (QED) is 0.533. The summed E-state index contributed by atoms with van der Waals surface area (Å²) in [6, 6.07) is 9.63. The molecule has 148 valence electrons.